The molecule has 7 aromatic carbocycles. The lowest BCUT2D eigenvalue weighted by molar-refractivity contribution is 0.666. The van der Waals surface area contributed by atoms with Crippen molar-refractivity contribution in [3.05, 3.63) is 204 Å². The molecule has 240 valence electrons. The zero-order valence-corrected chi connectivity index (χ0v) is 28.3. The molecule has 2 heteroatoms. The fraction of sp³-hybridized carbons (Fsp3) is 0.0833. The maximum atomic E-state index is 3.86. The summed E-state index contributed by atoms with van der Waals surface area (Å²) < 4.78 is 0. The van der Waals surface area contributed by atoms with Gasteiger partial charge in [-0.1, -0.05) is 153 Å². The van der Waals surface area contributed by atoms with Crippen molar-refractivity contribution < 1.29 is 0 Å². The van der Waals surface area contributed by atoms with Crippen molar-refractivity contribution in [1.29, 1.82) is 0 Å². The summed E-state index contributed by atoms with van der Waals surface area (Å²) in [6.07, 6.45) is 4.60. The zero-order chi connectivity index (χ0) is 33.7. The summed E-state index contributed by atoms with van der Waals surface area (Å²) in [6.45, 7) is 4.75. The predicted octanol–water partition coefficient (Wildman–Crippen LogP) is 12.3. The predicted molar refractivity (Wildman–Crippen MR) is 211 cm³/mol. The average Bonchev–Trinajstić information content (AvgIpc) is 3.42. The van der Waals surface area contributed by atoms with Gasteiger partial charge in [0.25, 0.3) is 0 Å². The monoisotopic (exact) mass is 642 g/mol. The lowest BCUT2D eigenvalue weighted by Gasteiger charge is -2.26. The first-order chi connectivity index (χ1) is 24.5. The van der Waals surface area contributed by atoms with Crippen LogP contribution in [0.15, 0.2) is 176 Å². The van der Waals surface area contributed by atoms with Gasteiger partial charge in [0.15, 0.2) is 0 Å². The number of allylic oxidation sites excluding steroid dienone is 2. The van der Waals surface area contributed by atoms with Crippen LogP contribution in [0.4, 0.5) is 11.4 Å². The first-order valence-corrected chi connectivity index (χ1v) is 17.5. The molecule has 2 aliphatic rings. The summed E-state index contributed by atoms with van der Waals surface area (Å²) in [5.74, 6) is 0. The van der Waals surface area contributed by atoms with Crippen molar-refractivity contribution in [2.45, 2.75) is 25.3 Å². The van der Waals surface area contributed by atoms with Gasteiger partial charge in [0.05, 0.1) is 6.04 Å². The second kappa shape index (κ2) is 12.1. The first kappa shape index (κ1) is 30.0. The van der Waals surface area contributed by atoms with Crippen LogP contribution in [0.1, 0.15) is 47.7 Å². The van der Waals surface area contributed by atoms with E-state index in [1.54, 1.807) is 0 Å². The zero-order valence-electron chi connectivity index (χ0n) is 28.3. The minimum atomic E-state index is -0.107. The highest BCUT2D eigenvalue weighted by Crippen LogP contribution is 2.55. The highest BCUT2D eigenvalue weighted by atomic mass is 14.9. The molecule has 2 nitrogen and oxygen atoms in total. The third-order valence-corrected chi connectivity index (χ3v) is 10.4. The van der Waals surface area contributed by atoms with E-state index in [0.717, 1.165) is 17.1 Å². The molecule has 0 amide bonds. The second-order valence-electron chi connectivity index (χ2n) is 13.9. The Morgan fingerprint density at radius 3 is 2.08 bits per heavy atom. The summed E-state index contributed by atoms with van der Waals surface area (Å²) in [6, 6.07) is 59.0. The molecule has 2 N–H and O–H groups in total. The van der Waals surface area contributed by atoms with Crippen LogP contribution in [0.3, 0.4) is 0 Å². The molecule has 0 bridgehead atoms. The molecule has 0 spiro atoms. The van der Waals surface area contributed by atoms with Gasteiger partial charge in [-0.15, -0.1) is 0 Å². The van der Waals surface area contributed by atoms with Crippen LogP contribution < -0.4 is 10.6 Å². The van der Waals surface area contributed by atoms with Crippen LogP contribution in [0.5, 0.6) is 0 Å². The Morgan fingerprint density at radius 1 is 0.580 bits per heavy atom. The molecular weight excluding hydrogens is 605 g/mol. The maximum Gasteiger partial charge on any atom is 0.0707 e. The van der Waals surface area contributed by atoms with E-state index in [4.69, 9.17) is 0 Å². The van der Waals surface area contributed by atoms with Gasteiger partial charge in [-0.2, -0.15) is 0 Å². The topological polar surface area (TPSA) is 24.1 Å². The molecule has 1 heterocycles. The molecule has 0 radical (unpaired) electrons. The van der Waals surface area contributed by atoms with Gasteiger partial charge in [0.1, 0.15) is 0 Å². The molecule has 0 fully saturated rings. The highest BCUT2D eigenvalue weighted by molar-refractivity contribution is 6.06. The normalized spacial score (nSPS) is 15.8. The lowest BCUT2D eigenvalue weighted by atomic mass is 9.79. The summed E-state index contributed by atoms with van der Waals surface area (Å²) in [5.41, 5.74) is 15.9. The second-order valence-corrected chi connectivity index (χ2v) is 13.9. The van der Waals surface area contributed by atoms with Gasteiger partial charge in [0.2, 0.25) is 0 Å². The lowest BCUT2D eigenvalue weighted by Crippen LogP contribution is -2.21. The Labute approximate surface area is 294 Å². The molecule has 0 saturated heterocycles. The minimum Gasteiger partial charge on any atom is -0.374 e. The number of benzene rings is 7. The van der Waals surface area contributed by atoms with Crippen LogP contribution in [-0.4, -0.2) is 0 Å². The number of para-hydroxylation sites is 1. The summed E-state index contributed by atoms with van der Waals surface area (Å²) in [5, 5.41) is 10.3. The van der Waals surface area contributed by atoms with Crippen molar-refractivity contribution in [2.75, 3.05) is 5.32 Å². The molecule has 1 unspecified atom stereocenters. The third kappa shape index (κ3) is 5.12. The molecule has 1 atom stereocenters. The van der Waals surface area contributed by atoms with Crippen LogP contribution in [-0.2, 0) is 5.41 Å². The molecule has 7 aromatic rings. The van der Waals surface area contributed by atoms with Crippen molar-refractivity contribution >= 4 is 33.4 Å². The fourth-order valence-corrected chi connectivity index (χ4v) is 8.07. The first-order valence-electron chi connectivity index (χ1n) is 17.5. The van der Waals surface area contributed by atoms with Crippen LogP contribution >= 0.6 is 0 Å². The molecule has 9 rings (SSSR count). The SMILES string of the molecule is CC1(C)c2ccccc2-c2c(-c3ccccc3Nc3cccc(C4C=C(c5ccccc5)C=C(c5ccccc5)N4)c3)cc3ccccc3c21. The van der Waals surface area contributed by atoms with E-state index in [1.807, 2.05) is 0 Å². The summed E-state index contributed by atoms with van der Waals surface area (Å²) in [7, 11) is 0. The number of hydrogen-bond acceptors (Lipinski definition) is 2. The number of rotatable bonds is 6. The number of fused-ring (bicyclic) bond motifs is 5. The Kier molecular flexibility index (Phi) is 7.25. The van der Waals surface area contributed by atoms with Gasteiger partial charge >= 0.3 is 0 Å². The van der Waals surface area contributed by atoms with Gasteiger partial charge in [-0.3, -0.25) is 0 Å². The Hall–Kier alpha value is -6.12. The van der Waals surface area contributed by atoms with Gasteiger partial charge in [0, 0.05) is 28.1 Å². The molecule has 0 saturated carbocycles. The van der Waals surface area contributed by atoms with Crippen LogP contribution in [0.2, 0.25) is 0 Å². The van der Waals surface area contributed by atoms with Crippen LogP contribution in [0.25, 0.3) is 44.3 Å². The summed E-state index contributed by atoms with van der Waals surface area (Å²) in [4.78, 5) is 0. The van der Waals surface area contributed by atoms with E-state index in [-0.39, 0.29) is 11.5 Å². The Balaban J connectivity index is 1.12. The van der Waals surface area contributed by atoms with E-state index >= 15 is 0 Å². The molecule has 0 aromatic heterocycles. The number of dihydropyridines is 1. The average molecular weight is 643 g/mol. The van der Waals surface area contributed by atoms with Crippen molar-refractivity contribution in [3.8, 4) is 22.3 Å². The van der Waals surface area contributed by atoms with E-state index in [9.17, 15) is 0 Å². The van der Waals surface area contributed by atoms with Gasteiger partial charge in [-0.25, -0.2) is 0 Å². The Bertz CT molecular complexity index is 2450. The van der Waals surface area contributed by atoms with Gasteiger partial charge in [-0.05, 0) is 97.3 Å². The smallest absolute Gasteiger partial charge is 0.0707 e. The standard InChI is InChI=1S/C48H38N2/c1-48(2)42-26-13-11-25-40(42)46-41(29-34-20-9-10-23-38(34)47(46)48)39-24-12-14-27-43(39)49-37-22-15-21-35(28-37)45-31-36(32-16-5-3-6-17-32)30-44(50-45)33-18-7-4-8-19-33/h3-31,45,49-50H,1-2H3. The van der Waals surface area contributed by atoms with Crippen molar-refractivity contribution in [3.63, 3.8) is 0 Å². The highest BCUT2D eigenvalue weighted by Gasteiger charge is 2.38. The maximum absolute atomic E-state index is 3.86. The van der Waals surface area contributed by atoms with E-state index in [1.165, 1.54) is 66.4 Å². The number of anilines is 2. The number of hydrogen-bond donors (Lipinski definition) is 2. The van der Waals surface area contributed by atoms with E-state index in [2.05, 4.69) is 200 Å². The number of nitrogens with one attached hydrogen (secondary N) is 2. The largest absolute Gasteiger partial charge is 0.374 e. The Morgan fingerprint density at radius 2 is 1.26 bits per heavy atom. The summed E-state index contributed by atoms with van der Waals surface area (Å²) >= 11 is 0. The van der Waals surface area contributed by atoms with Crippen LogP contribution in [0, 0.1) is 0 Å². The third-order valence-electron chi connectivity index (χ3n) is 10.4. The molecule has 50 heavy (non-hydrogen) atoms. The molecule has 1 aliphatic heterocycles. The van der Waals surface area contributed by atoms with Gasteiger partial charge < -0.3 is 10.6 Å². The minimum absolute atomic E-state index is 0.00453. The quantitative estimate of drug-likeness (QED) is 0.189. The van der Waals surface area contributed by atoms with E-state index < -0.39 is 0 Å². The van der Waals surface area contributed by atoms with Crippen molar-refractivity contribution in [2.24, 2.45) is 0 Å². The molecule has 1 aliphatic carbocycles. The van der Waals surface area contributed by atoms with E-state index in [0.29, 0.717) is 0 Å². The molecular formula is C48H38N2. The fourth-order valence-electron chi connectivity index (χ4n) is 8.07. The van der Waals surface area contributed by atoms with Crippen molar-refractivity contribution in [1.82, 2.24) is 5.32 Å².